The van der Waals surface area contributed by atoms with Crippen molar-refractivity contribution < 1.29 is 8.94 Å². The van der Waals surface area contributed by atoms with Crippen LogP contribution in [-0.4, -0.2) is 15.1 Å². The molecule has 0 aliphatic carbocycles. The zero-order chi connectivity index (χ0) is 13.1. The number of rotatable bonds is 4. The first-order valence-corrected chi connectivity index (χ1v) is 7.20. The highest BCUT2D eigenvalue weighted by atomic mass is 79.9. The van der Waals surface area contributed by atoms with Crippen molar-refractivity contribution in [1.82, 2.24) is 15.1 Å². The average molecular weight is 338 g/mol. The van der Waals surface area contributed by atoms with Gasteiger partial charge < -0.3 is 8.94 Å². The predicted octanol–water partition coefficient (Wildman–Crippen LogP) is 3.78. The molecule has 7 heteroatoms. The highest BCUT2D eigenvalue weighted by Gasteiger charge is 2.11. The molecule has 0 spiro atoms. The molecule has 3 heterocycles. The van der Waals surface area contributed by atoms with Crippen LogP contribution in [0.2, 0.25) is 0 Å². The van der Waals surface area contributed by atoms with Crippen molar-refractivity contribution in [3.05, 3.63) is 47.0 Å². The summed E-state index contributed by atoms with van der Waals surface area (Å²) < 4.78 is 11.3. The molecule has 0 bridgehead atoms. The summed E-state index contributed by atoms with van der Waals surface area (Å²) >= 11 is 4.89. The van der Waals surface area contributed by atoms with Crippen LogP contribution in [0.15, 0.2) is 55.2 Å². The van der Waals surface area contributed by atoms with E-state index >= 15 is 0 Å². The Morgan fingerprint density at radius 2 is 2.21 bits per heavy atom. The molecule has 3 aromatic heterocycles. The van der Waals surface area contributed by atoms with E-state index in [0.29, 0.717) is 23.2 Å². The lowest BCUT2D eigenvalue weighted by atomic mass is 10.4. The summed E-state index contributed by atoms with van der Waals surface area (Å²) in [5.41, 5.74) is 0. The van der Waals surface area contributed by atoms with Gasteiger partial charge in [0.1, 0.15) is 0 Å². The highest BCUT2D eigenvalue weighted by molar-refractivity contribution is 9.10. The van der Waals surface area contributed by atoms with Gasteiger partial charge in [-0.05, 0) is 40.2 Å². The quantitative estimate of drug-likeness (QED) is 0.675. The fourth-order valence-electron chi connectivity index (χ4n) is 1.40. The van der Waals surface area contributed by atoms with Crippen LogP contribution in [0.25, 0.3) is 11.7 Å². The van der Waals surface area contributed by atoms with Gasteiger partial charge in [0, 0.05) is 10.7 Å². The number of halogens is 1. The molecule has 0 aromatic carbocycles. The molecule has 5 nitrogen and oxygen atoms in total. The lowest BCUT2D eigenvalue weighted by molar-refractivity contribution is 0.411. The lowest BCUT2D eigenvalue weighted by Gasteiger charge is -1.96. The zero-order valence-corrected chi connectivity index (χ0v) is 12.0. The topological polar surface area (TPSA) is 65.0 Å². The number of hydrogen-bond acceptors (Lipinski definition) is 6. The van der Waals surface area contributed by atoms with Crippen LogP contribution in [0, 0.1) is 0 Å². The van der Waals surface area contributed by atoms with Gasteiger partial charge in [-0.25, -0.2) is 4.98 Å². The van der Waals surface area contributed by atoms with E-state index in [1.165, 1.54) is 0 Å². The third-order valence-electron chi connectivity index (χ3n) is 2.25. The maximum Gasteiger partial charge on any atom is 0.293 e. The van der Waals surface area contributed by atoms with E-state index in [1.807, 2.05) is 12.1 Å². The molecule has 96 valence electrons. The van der Waals surface area contributed by atoms with Crippen LogP contribution in [0.3, 0.4) is 0 Å². The fraction of sp³-hybridized carbons (Fsp3) is 0.0833. The van der Waals surface area contributed by atoms with E-state index in [1.54, 1.807) is 36.4 Å². The van der Waals surface area contributed by atoms with Gasteiger partial charge in [-0.2, -0.15) is 4.98 Å². The minimum atomic E-state index is 0.393. The minimum absolute atomic E-state index is 0.393. The van der Waals surface area contributed by atoms with Gasteiger partial charge in [0.2, 0.25) is 0 Å². The SMILES string of the molecule is Brc1ccc(SCc2noc(-c3ccco3)n2)nc1. The first-order valence-electron chi connectivity index (χ1n) is 5.42. The predicted molar refractivity (Wildman–Crippen MR) is 73.5 cm³/mol. The van der Waals surface area contributed by atoms with Crippen molar-refractivity contribution in [1.29, 1.82) is 0 Å². The standard InChI is InChI=1S/C12H8BrN3O2S/c13-8-3-4-11(14-6-8)19-7-10-15-12(18-16-10)9-2-1-5-17-9/h1-6H,7H2. The molecule has 0 radical (unpaired) electrons. The Morgan fingerprint density at radius 1 is 1.26 bits per heavy atom. The van der Waals surface area contributed by atoms with Crippen molar-refractivity contribution in [2.75, 3.05) is 0 Å². The summed E-state index contributed by atoms with van der Waals surface area (Å²) in [6, 6.07) is 7.43. The first kappa shape index (κ1) is 12.4. The average Bonchev–Trinajstić information content (AvgIpc) is 3.09. The number of furan rings is 1. The third-order valence-corrected chi connectivity index (χ3v) is 3.66. The van der Waals surface area contributed by atoms with Crippen molar-refractivity contribution >= 4 is 27.7 Å². The molecular formula is C12H8BrN3O2S. The minimum Gasteiger partial charge on any atom is -0.459 e. The summed E-state index contributed by atoms with van der Waals surface area (Å²) in [6.45, 7) is 0. The summed E-state index contributed by atoms with van der Waals surface area (Å²) in [5.74, 6) is 2.18. The molecule has 0 aliphatic rings. The Kier molecular flexibility index (Phi) is 3.65. The number of nitrogens with zero attached hydrogens (tertiary/aromatic N) is 3. The molecule has 0 saturated carbocycles. The van der Waals surface area contributed by atoms with Gasteiger partial charge in [-0.1, -0.05) is 16.9 Å². The number of thioether (sulfide) groups is 1. The molecule has 0 N–H and O–H groups in total. The van der Waals surface area contributed by atoms with Crippen molar-refractivity contribution in [2.45, 2.75) is 10.8 Å². The van der Waals surface area contributed by atoms with Gasteiger partial charge in [0.25, 0.3) is 5.89 Å². The van der Waals surface area contributed by atoms with E-state index < -0.39 is 0 Å². The number of pyridine rings is 1. The smallest absolute Gasteiger partial charge is 0.293 e. The van der Waals surface area contributed by atoms with Gasteiger partial charge >= 0.3 is 0 Å². The van der Waals surface area contributed by atoms with Gasteiger partial charge in [0.05, 0.1) is 17.0 Å². The van der Waals surface area contributed by atoms with Crippen molar-refractivity contribution in [2.24, 2.45) is 0 Å². The summed E-state index contributed by atoms with van der Waals surface area (Å²) in [4.78, 5) is 8.52. The van der Waals surface area contributed by atoms with E-state index in [2.05, 4.69) is 31.1 Å². The van der Waals surface area contributed by atoms with Crippen LogP contribution < -0.4 is 0 Å². The molecule has 3 aromatic rings. The van der Waals surface area contributed by atoms with Crippen LogP contribution in [-0.2, 0) is 5.75 Å². The van der Waals surface area contributed by atoms with E-state index in [9.17, 15) is 0 Å². The Morgan fingerprint density at radius 3 is 2.95 bits per heavy atom. The Bertz CT molecular complexity index is 652. The second-order valence-corrected chi connectivity index (χ2v) is 5.51. The van der Waals surface area contributed by atoms with E-state index in [0.717, 1.165) is 9.50 Å². The molecule has 0 amide bonds. The first-order chi connectivity index (χ1) is 9.31. The monoisotopic (exact) mass is 337 g/mol. The normalized spacial score (nSPS) is 10.8. The van der Waals surface area contributed by atoms with Crippen LogP contribution in [0.5, 0.6) is 0 Å². The number of hydrogen-bond donors (Lipinski definition) is 0. The fourth-order valence-corrected chi connectivity index (χ4v) is 2.32. The second kappa shape index (κ2) is 5.58. The third kappa shape index (κ3) is 3.05. The van der Waals surface area contributed by atoms with Crippen LogP contribution in [0.1, 0.15) is 5.82 Å². The molecule has 0 saturated heterocycles. The molecule has 19 heavy (non-hydrogen) atoms. The molecular weight excluding hydrogens is 330 g/mol. The lowest BCUT2D eigenvalue weighted by Crippen LogP contribution is -1.85. The summed E-state index contributed by atoms with van der Waals surface area (Å²) in [5, 5.41) is 4.81. The molecule has 0 fully saturated rings. The highest BCUT2D eigenvalue weighted by Crippen LogP contribution is 2.23. The van der Waals surface area contributed by atoms with Gasteiger partial charge in [-0.15, -0.1) is 0 Å². The molecule has 0 atom stereocenters. The van der Waals surface area contributed by atoms with Gasteiger partial charge in [-0.3, -0.25) is 0 Å². The maximum atomic E-state index is 5.19. The second-order valence-electron chi connectivity index (χ2n) is 3.60. The summed E-state index contributed by atoms with van der Waals surface area (Å²) in [6.07, 6.45) is 3.33. The number of aromatic nitrogens is 3. The molecule has 0 unspecified atom stereocenters. The van der Waals surface area contributed by atoms with Crippen LogP contribution >= 0.6 is 27.7 Å². The largest absolute Gasteiger partial charge is 0.459 e. The molecule has 3 rings (SSSR count). The zero-order valence-electron chi connectivity index (χ0n) is 9.62. The van der Waals surface area contributed by atoms with Crippen LogP contribution in [0.4, 0.5) is 0 Å². The summed E-state index contributed by atoms with van der Waals surface area (Å²) in [7, 11) is 0. The maximum absolute atomic E-state index is 5.19. The Balaban J connectivity index is 1.66. The van der Waals surface area contributed by atoms with E-state index in [4.69, 9.17) is 8.94 Å². The van der Waals surface area contributed by atoms with Gasteiger partial charge in [0.15, 0.2) is 11.6 Å². The Hall–Kier alpha value is -1.60. The van der Waals surface area contributed by atoms with Crippen molar-refractivity contribution in [3.63, 3.8) is 0 Å². The van der Waals surface area contributed by atoms with Crippen molar-refractivity contribution in [3.8, 4) is 11.7 Å². The molecule has 0 aliphatic heterocycles. The van der Waals surface area contributed by atoms with E-state index in [-0.39, 0.29) is 0 Å². The Labute approximate surface area is 121 Å².